The van der Waals surface area contributed by atoms with Gasteiger partial charge in [0, 0.05) is 24.0 Å². The molecule has 1 fully saturated rings. The van der Waals surface area contributed by atoms with Crippen LogP contribution in [0.4, 0.5) is 0 Å². The minimum Gasteiger partial charge on any atom is -0.337 e. The van der Waals surface area contributed by atoms with Crippen LogP contribution in [-0.4, -0.2) is 28.9 Å². The van der Waals surface area contributed by atoms with Crippen LogP contribution in [-0.2, 0) is 0 Å². The van der Waals surface area contributed by atoms with Crippen LogP contribution in [0.25, 0.3) is 10.6 Å². The number of hydrogen-bond donors (Lipinski definition) is 0. The third-order valence-corrected chi connectivity index (χ3v) is 4.93. The van der Waals surface area contributed by atoms with Crippen molar-refractivity contribution >= 4 is 28.8 Å². The highest BCUT2D eigenvalue weighted by Crippen LogP contribution is 2.30. The van der Waals surface area contributed by atoms with E-state index in [1.165, 1.54) is 24.2 Å². The van der Waals surface area contributed by atoms with E-state index in [0.29, 0.717) is 10.7 Å². The fourth-order valence-corrected chi connectivity index (χ4v) is 3.68. The summed E-state index contributed by atoms with van der Waals surface area (Å²) in [6.45, 7) is 1.69. The zero-order valence-corrected chi connectivity index (χ0v) is 13.3. The zero-order valence-electron chi connectivity index (χ0n) is 11.7. The van der Waals surface area contributed by atoms with Gasteiger partial charge in [-0.1, -0.05) is 42.6 Å². The molecule has 0 atom stereocenters. The molecular weight excluding hydrogens is 304 g/mol. The monoisotopic (exact) mass is 320 g/mol. The van der Waals surface area contributed by atoms with Crippen molar-refractivity contribution in [2.24, 2.45) is 0 Å². The second-order valence-corrected chi connectivity index (χ2v) is 6.49. The molecular formula is C16H17ClN2OS. The Bertz CT molecular complexity index is 633. The summed E-state index contributed by atoms with van der Waals surface area (Å²) in [5, 5.41) is 3.31. The molecule has 0 radical (unpaired) electrons. The number of likely N-dealkylation sites (tertiary alicyclic amines) is 1. The summed E-state index contributed by atoms with van der Waals surface area (Å²) in [5.41, 5.74) is 1.43. The number of carbonyl (C=O) groups excluding carboxylic acids is 1. The lowest BCUT2D eigenvalue weighted by atomic mass is 10.2. The van der Waals surface area contributed by atoms with E-state index in [0.717, 1.165) is 36.5 Å². The molecule has 0 saturated carbocycles. The Morgan fingerprint density at radius 2 is 1.86 bits per heavy atom. The van der Waals surface area contributed by atoms with E-state index in [1.807, 2.05) is 34.5 Å². The van der Waals surface area contributed by atoms with Crippen LogP contribution in [0.5, 0.6) is 0 Å². The third-order valence-electron chi connectivity index (χ3n) is 3.72. The van der Waals surface area contributed by atoms with Crippen molar-refractivity contribution in [2.75, 3.05) is 13.1 Å². The lowest BCUT2D eigenvalue weighted by Gasteiger charge is -2.18. The molecule has 21 heavy (non-hydrogen) atoms. The summed E-state index contributed by atoms with van der Waals surface area (Å²) < 4.78 is 0. The van der Waals surface area contributed by atoms with Gasteiger partial charge in [0.15, 0.2) is 0 Å². The molecule has 1 aliphatic heterocycles. The molecule has 2 aromatic rings. The first-order chi connectivity index (χ1) is 10.3. The molecule has 3 rings (SSSR count). The van der Waals surface area contributed by atoms with Gasteiger partial charge in [0.05, 0.1) is 5.02 Å². The molecule has 110 valence electrons. The fraction of sp³-hybridized carbons (Fsp3) is 0.375. The summed E-state index contributed by atoms with van der Waals surface area (Å²) in [4.78, 5) is 18.9. The highest BCUT2D eigenvalue weighted by atomic mass is 35.5. The van der Waals surface area contributed by atoms with Crippen LogP contribution in [0, 0.1) is 0 Å². The predicted molar refractivity (Wildman–Crippen MR) is 86.9 cm³/mol. The smallest absolute Gasteiger partial charge is 0.273 e. The Hall–Kier alpha value is -1.39. The average molecular weight is 321 g/mol. The van der Waals surface area contributed by atoms with Crippen molar-refractivity contribution in [1.82, 2.24) is 9.88 Å². The molecule has 0 unspecified atom stereocenters. The Balaban J connectivity index is 1.81. The number of benzene rings is 1. The van der Waals surface area contributed by atoms with Crippen molar-refractivity contribution in [1.29, 1.82) is 0 Å². The number of rotatable bonds is 2. The quantitative estimate of drug-likeness (QED) is 0.817. The molecule has 0 N–H and O–H groups in total. The van der Waals surface area contributed by atoms with Crippen LogP contribution in [0.3, 0.4) is 0 Å². The van der Waals surface area contributed by atoms with Crippen molar-refractivity contribution in [2.45, 2.75) is 25.7 Å². The summed E-state index contributed by atoms with van der Waals surface area (Å²) in [5.74, 6) is 0.0476. The van der Waals surface area contributed by atoms with E-state index in [4.69, 9.17) is 11.6 Å². The molecule has 1 aliphatic rings. The maximum atomic E-state index is 12.5. The molecule has 3 nitrogen and oxygen atoms in total. The van der Waals surface area contributed by atoms with Gasteiger partial charge in [-0.25, -0.2) is 4.98 Å². The molecule has 0 aliphatic carbocycles. The van der Waals surface area contributed by atoms with Gasteiger partial charge in [-0.3, -0.25) is 4.79 Å². The molecule has 1 saturated heterocycles. The minimum atomic E-state index is 0.0476. The topological polar surface area (TPSA) is 33.2 Å². The van der Waals surface area contributed by atoms with Gasteiger partial charge in [0.2, 0.25) is 0 Å². The normalized spacial score (nSPS) is 15.8. The minimum absolute atomic E-state index is 0.0476. The van der Waals surface area contributed by atoms with Gasteiger partial charge >= 0.3 is 0 Å². The van der Waals surface area contributed by atoms with Gasteiger partial charge < -0.3 is 4.90 Å². The van der Waals surface area contributed by atoms with E-state index in [1.54, 1.807) is 0 Å². The first-order valence-corrected chi connectivity index (χ1v) is 8.51. The first-order valence-electron chi connectivity index (χ1n) is 7.25. The number of thiazole rings is 1. The van der Waals surface area contributed by atoms with Crippen molar-refractivity contribution in [3.05, 3.63) is 40.4 Å². The standard InChI is InChI=1S/C16H17ClN2OS/c17-13-8-4-3-7-12(13)15-18-14(11-21-15)16(20)19-9-5-1-2-6-10-19/h3-4,7-8,11H,1-2,5-6,9-10H2. The maximum absolute atomic E-state index is 12.5. The van der Waals surface area contributed by atoms with Crippen molar-refractivity contribution in [3.8, 4) is 10.6 Å². The van der Waals surface area contributed by atoms with Crippen LogP contribution < -0.4 is 0 Å². The summed E-state index contributed by atoms with van der Waals surface area (Å²) >= 11 is 7.66. The van der Waals surface area contributed by atoms with Crippen LogP contribution in [0.15, 0.2) is 29.6 Å². The predicted octanol–water partition coefficient (Wildman–Crippen LogP) is 4.48. The number of aromatic nitrogens is 1. The molecule has 2 heterocycles. The van der Waals surface area contributed by atoms with E-state index in [-0.39, 0.29) is 5.91 Å². The van der Waals surface area contributed by atoms with Gasteiger partial charge in [-0.05, 0) is 18.9 Å². The third kappa shape index (κ3) is 3.27. The number of nitrogens with zero attached hydrogens (tertiary/aromatic N) is 2. The van der Waals surface area contributed by atoms with Crippen LogP contribution >= 0.6 is 22.9 Å². The largest absolute Gasteiger partial charge is 0.337 e. The average Bonchev–Trinajstić information content (AvgIpc) is 2.82. The Labute approximate surface area is 133 Å². The molecule has 0 bridgehead atoms. The summed E-state index contributed by atoms with van der Waals surface area (Å²) in [6, 6.07) is 7.59. The van der Waals surface area contributed by atoms with Crippen LogP contribution in [0.1, 0.15) is 36.2 Å². The fourth-order valence-electron chi connectivity index (χ4n) is 2.57. The zero-order chi connectivity index (χ0) is 14.7. The number of hydrogen-bond acceptors (Lipinski definition) is 3. The molecule has 0 spiro atoms. The number of halogens is 1. The second-order valence-electron chi connectivity index (χ2n) is 5.22. The van der Waals surface area contributed by atoms with Gasteiger partial charge in [-0.2, -0.15) is 0 Å². The Morgan fingerprint density at radius 3 is 2.57 bits per heavy atom. The molecule has 1 aromatic heterocycles. The highest BCUT2D eigenvalue weighted by molar-refractivity contribution is 7.13. The molecule has 1 aromatic carbocycles. The highest BCUT2D eigenvalue weighted by Gasteiger charge is 2.20. The van der Waals surface area contributed by atoms with Gasteiger partial charge in [-0.15, -0.1) is 11.3 Å². The van der Waals surface area contributed by atoms with Crippen molar-refractivity contribution < 1.29 is 4.79 Å². The SMILES string of the molecule is O=C(c1csc(-c2ccccc2Cl)n1)N1CCCCCC1. The first kappa shape index (κ1) is 14.5. The van der Waals surface area contributed by atoms with E-state index < -0.39 is 0 Å². The van der Waals surface area contributed by atoms with Gasteiger partial charge in [0.25, 0.3) is 5.91 Å². The Morgan fingerprint density at radius 1 is 1.14 bits per heavy atom. The Kier molecular flexibility index (Phi) is 4.56. The lowest BCUT2D eigenvalue weighted by molar-refractivity contribution is 0.0756. The molecule has 1 amide bonds. The summed E-state index contributed by atoms with van der Waals surface area (Å²) in [6.07, 6.45) is 4.61. The van der Waals surface area contributed by atoms with Crippen LogP contribution in [0.2, 0.25) is 5.02 Å². The summed E-state index contributed by atoms with van der Waals surface area (Å²) in [7, 11) is 0. The van der Waals surface area contributed by atoms with Gasteiger partial charge in [0.1, 0.15) is 10.7 Å². The number of carbonyl (C=O) groups is 1. The van der Waals surface area contributed by atoms with Crippen molar-refractivity contribution in [3.63, 3.8) is 0 Å². The lowest BCUT2D eigenvalue weighted by Crippen LogP contribution is -2.32. The van der Waals surface area contributed by atoms with E-state index >= 15 is 0 Å². The maximum Gasteiger partial charge on any atom is 0.273 e. The number of amides is 1. The second kappa shape index (κ2) is 6.58. The van der Waals surface area contributed by atoms with E-state index in [2.05, 4.69) is 4.98 Å². The molecule has 5 heteroatoms. The van der Waals surface area contributed by atoms with E-state index in [9.17, 15) is 4.79 Å².